The van der Waals surface area contributed by atoms with Crippen LogP contribution in [-0.4, -0.2) is 32.0 Å². The lowest BCUT2D eigenvalue weighted by Crippen LogP contribution is -2.13. The van der Waals surface area contributed by atoms with Gasteiger partial charge in [-0.25, -0.2) is 17.8 Å². The first-order chi connectivity index (χ1) is 11.2. The summed E-state index contributed by atoms with van der Waals surface area (Å²) in [5.74, 6) is -3.21. The molecular weight excluding hydrogens is 340 g/mol. The average Bonchev–Trinajstić information content (AvgIpc) is 2.47. The third kappa shape index (κ3) is 3.28. The lowest BCUT2D eigenvalue weighted by atomic mass is 9.99. The summed E-state index contributed by atoms with van der Waals surface area (Å²) in [5.41, 5.74) is -0.667. The highest BCUT2D eigenvalue weighted by atomic mass is 32.2. The van der Waals surface area contributed by atoms with Crippen molar-refractivity contribution in [3.05, 3.63) is 52.9 Å². The van der Waals surface area contributed by atoms with Crippen LogP contribution in [0, 0.1) is 18.7 Å². The molecule has 128 valence electrons. The maximum absolute atomic E-state index is 13.8. The third-order valence-corrected chi connectivity index (χ3v) is 4.50. The minimum absolute atomic E-state index is 0.00411. The van der Waals surface area contributed by atoms with Crippen LogP contribution in [0.5, 0.6) is 5.75 Å². The quantitative estimate of drug-likeness (QED) is 0.609. The maximum Gasteiger partial charge on any atom is 0.227 e. The topological polar surface area (TPSA) is 73.3 Å². The van der Waals surface area contributed by atoms with E-state index in [-0.39, 0.29) is 28.4 Å². The summed E-state index contributed by atoms with van der Waals surface area (Å²) < 4.78 is 56.6. The second-order valence-corrected chi connectivity index (χ2v) is 7.04. The molecule has 2 aromatic rings. The Bertz CT molecular complexity index is 890. The van der Waals surface area contributed by atoms with Crippen molar-refractivity contribution in [1.82, 2.24) is 4.98 Å². The molecule has 0 saturated carbocycles. The van der Waals surface area contributed by atoms with Crippen molar-refractivity contribution in [2.45, 2.75) is 18.7 Å². The molecule has 0 saturated heterocycles. The Labute approximate surface area is 138 Å². The van der Waals surface area contributed by atoms with Gasteiger partial charge in [0.25, 0.3) is 0 Å². The average molecular weight is 355 g/mol. The van der Waals surface area contributed by atoms with Gasteiger partial charge in [-0.05, 0) is 32.0 Å². The van der Waals surface area contributed by atoms with Crippen molar-refractivity contribution in [2.75, 3.05) is 12.9 Å². The molecule has 24 heavy (non-hydrogen) atoms. The van der Waals surface area contributed by atoms with Crippen molar-refractivity contribution >= 4 is 15.6 Å². The summed E-state index contributed by atoms with van der Waals surface area (Å²) in [6.45, 7) is 3.27. The van der Waals surface area contributed by atoms with E-state index in [0.717, 1.165) is 18.5 Å². The van der Waals surface area contributed by atoms with Crippen LogP contribution in [0.1, 0.15) is 28.4 Å². The molecule has 2 rings (SSSR count). The SMILES string of the molecule is CCOc1c(S(C)(=O)=O)ccc(C(=O)c2c(F)ccnc2F)c1C. The standard InChI is InChI=1S/C16H15F2NO4S/c1-4-23-15-9(2)10(5-6-12(15)24(3,21)22)14(20)13-11(17)7-8-19-16(13)18/h5-8H,4H2,1-3H3. The van der Waals surface area contributed by atoms with Gasteiger partial charge in [-0.15, -0.1) is 0 Å². The van der Waals surface area contributed by atoms with E-state index in [1.807, 2.05) is 0 Å². The van der Waals surface area contributed by atoms with E-state index in [2.05, 4.69) is 4.98 Å². The summed E-state index contributed by atoms with van der Waals surface area (Å²) in [6, 6.07) is 3.27. The second-order valence-electron chi connectivity index (χ2n) is 5.06. The first-order valence-electron chi connectivity index (χ1n) is 6.99. The van der Waals surface area contributed by atoms with E-state index in [1.165, 1.54) is 19.1 Å². The Morgan fingerprint density at radius 3 is 2.46 bits per heavy atom. The number of nitrogens with zero attached hydrogens (tertiary/aromatic N) is 1. The predicted octanol–water partition coefficient (Wildman–Crippen LogP) is 2.70. The fourth-order valence-electron chi connectivity index (χ4n) is 2.28. The molecule has 0 aliphatic rings. The Kier molecular flexibility index (Phi) is 4.98. The highest BCUT2D eigenvalue weighted by Gasteiger charge is 2.25. The number of carbonyl (C=O) groups excluding carboxylic acids is 1. The number of rotatable bonds is 5. The van der Waals surface area contributed by atoms with E-state index < -0.39 is 32.9 Å². The number of aromatic nitrogens is 1. The van der Waals surface area contributed by atoms with Gasteiger partial charge in [0, 0.05) is 23.6 Å². The number of hydrogen-bond donors (Lipinski definition) is 0. The summed E-state index contributed by atoms with van der Waals surface area (Å²) in [6.07, 6.45) is 1.92. The summed E-state index contributed by atoms with van der Waals surface area (Å²) in [5, 5.41) is 0. The molecule has 0 aliphatic carbocycles. The van der Waals surface area contributed by atoms with E-state index in [1.54, 1.807) is 6.92 Å². The molecule has 0 N–H and O–H groups in total. The van der Waals surface area contributed by atoms with Gasteiger partial charge >= 0.3 is 0 Å². The van der Waals surface area contributed by atoms with Crippen molar-refractivity contribution in [2.24, 2.45) is 0 Å². The highest BCUT2D eigenvalue weighted by molar-refractivity contribution is 7.90. The zero-order valence-electron chi connectivity index (χ0n) is 13.3. The van der Waals surface area contributed by atoms with Crippen LogP contribution in [0.25, 0.3) is 0 Å². The second kappa shape index (κ2) is 6.64. The molecule has 0 spiro atoms. The van der Waals surface area contributed by atoms with Crippen molar-refractivity contribution in [3.8, 4) is 5.75 Å². The third-order valence-electron chi connectivity index (χ3n) is 3.38. The van der Waals surface area contributed by atoms with Gasteiger partial charge < -0.3 is 4.74 Å². The fourth-order valence-corrected chi connectivity index (χ4v) is 3.14. The van der Waals surface area contributed by atoms with Gasteiger partial charge in [-0.1, -0.05) is 0 Å². The van der Waals surface area contributed by atoms with Gasteiger partial charge in [0.2, 0.25) is 11.7 Å². The van der Waals surface area contributed by atoms with Gasteiger partial charge in [0.15, 0.2) is 9.84 Å². The number of halogens is 2. The van der Waals surface area contributed by atoms with Crippen LogP contribution >= 0.6 is 0 Å². The molecule has 0 unspecified atom stereocenters. The molecule has 1 aromatic heterocycles. The largest absolute Gasteiger partial charge is 0.492 e. The zero-order chi connectivity index (χ0) is 18.1. The highest BCUT2D eigenvalue weighted by Crippen LogP contribution is 2.32. The van der Waals surface area contributed by atoms with Gasteiger partial charge in [-0.3, -0.25) is 4.79 Å². The predicted molar refractivity (Wildman–Crippen MR) is 83.0 cm³/mol. The van der Waals surface area contributed by atoms with Crippen LogP contribution in [-0.2, 0) is 9.84 Å². The molecule has 1 aromatic carbocycles. The fraction of sp³-hybridized carbons (Fsp3) is 0.250. The normalized spacial score (nSPS) is 11.4. The number of sulfone groups is 1. The number of hydrogen-bond acceptors (Lipinski definition) is 5. The summed E-state index contributed by atoms with van der Waals surface area (Å²) >= 11 is 0. The number of ether oxygens (including phenoxy) is 1. The van der Waals surface area contributed by atoms with Crippen LogP contribution in [0.4, 0.5) is 8.78 Å². The molecule has 0 amide bonds. The van der Waals surface area contributed by atoms with Crippen LogP contribution in [0.2, 0.25) is 0 Å². The maximum atomic E-state index is 13.8. The van der Waals surface area contributed by atoms with E-state index in [0.29, 0.717) is 0 Å². The Morgan fingerprint density at radius 1 is 1.25 bits per heavy atom. The summed E-state index contributed by atoms with van der Waals surface area (Å²) in [4.78, 5) is 15.7. The lowest BCUT2D eigenvalue weighted by Gasteiger charge is -2.15. The molecule has 0 fully saturated rings. The number of ketones is 1. The lowest BCUT2D eigenvalue weighted by molar-refractivity contribution is 0.102. The summed E-state index contributed by atoms with van der Waals surface area (Å²) in [7, 11) is -3.60. The molecule has 0 atom stereocenters. The minimum Gasteiger partial charge on any atom is -0.492 e. The smallest absolute Gasteiger partial charge is 0.227 e. The molecule has 8 heteroatoms. The molecule has 0 radical (unpaired) electrons. The molecule has 0 aliphatic heterocycles. The van der Waals surface area contributed by atoms with E-state index >= 15 is 0 Å². The Morgan fingerprint density at radius 2 is 1.92 bits per heavy atom. The monoisotopic (exact) mass is 355 g/mol. The van der Waals surface area contributed by atoms with Gasteiger partial charge in [0.05, 0.1) is 6.61 Å². The first kappa shape index (κ1) is 18.0. The minimum atomic E-state index is -3.60. The van der Waals surface area contributed by atoms with Gasteiger partial charge in [-0.2, -0.15) is 4.39 Å². The molecule has 5 nitrogen and oxygen atoms in total. The number of pyridine rings is 1. The Hall–Kier alpha value is -2.35. The van der Waals surface area contributed by atoms with E-state index in [9.17, 15) is 22.0 Å². The molecular formula is C16H15F2NO4S. The van der Waals surface area contributed by atoms with Crippen molar-refractivity contribution in [3.63, 3.8) is 0 Å². The molecule has 1 heterocycles. The number of benzene rings is 1. The van der Waals surface area contributed by atoms with Crippen molar-refractivity contribution in [1.29, 1.82) is 0 Å². The number of carbonyl (C=O) groups is 1. The Balaban J connectivity index is 2.68. The van der Waals surface area contributed by atoms with Crippen LogP contribution in [0.15, 0.2) is 29.3 Å². The van der Waals surface area contributed by atoms with E-state index in [4.69, 9.17) is 4.74 Å². The van der Waals surface area contributed by atoms with Gasteiger partial charge in [0.1, 0.15) is 22.0 Å². The zero-order valence-corrected chi connectivity index (χ0v) is 14.1. The first-order valence-corrected chi connectivity index (χ1v) is 8.88. The van der Waals surface area contributed by atoms with Crippen LogP contribution in [0.3, 0.4) is 0 Å². The van der Waals surface area contributed by atoms with Crippen molar-refractivity contribution < 1.29 is 26.7 Å². The van der Waals surface area contributed by atoms with Crippen LogP contribution < -0.4 is 4.74 Å². The molecule has 0 bridgehead atoms.